The molecule has 5 heteroatoms. The fourth-order valence-electron chi connectivity index (χ4n) is 1.22. The Morgan fingerprint density at radius 1 is 1.56 bits per heavy atom. The molecule has 0 aliphatic rings. The van der Waals surface area contributed by atoms with Crippen molar-refractivity contribution in [2.75, 3.05) is 13.7 Å². The first-order valence-corrected chi connectivity index (χ1v) is 5.50. The maximum Gasteiger partial charge on any atom is 0.165 e. The highest BCUT2D eigenvalue weighted by Gasteiger charge is 2.09. The molecule has 0 atom stereocenters. The molecular weight excluding hydrogens is 252 g/mol. The Kier molecular flexibility index (Phi) is 5.60. The summed E-state index contributed by atoms with van der Waals surface area (Å²) in [5, 5.41) is 3.25. The molecule has 0 aromatic heterocycles. The topological polar surface area (TPSA) is 21.3 Å². The van der Waals surface area contributed by atoms with E-state index in [1.165, 1.54) is 11.6 Å². The Morgan fingerprint density at radius 3 is 2.94 bits per heavy atom. The second kappa shape index (κ2) is 6.74. The van der Waals surface area contributed by atoms with Crippen molar-refractivity contribution in [3.8, 4) is 5.75 Å². The Labute approximate surface area is 104 Å². The third kappa shape index (κ3) is 3.67. The fourth-order valence-corrected chi connectivity index (χ4v) is 1.33. The number of rotatable bonds is 5. The van der Waals surface area contributed by atoms with E-state index in [0.29, 0.717) is 11.6 Å². The third-order valence-electron chi connectivity index (χ3n) is 1.89. The van der Waals surface area contributed by atoms with Gasteiger partial charge in [0, 0.05) is 17.6 Å². The number of benzene rings is 1. The van der Waals surface area contributed by atoms with E-state index in [1.54, 1.807) is 19.2 Å². The van der Waals surface area contributed by atoms with Gasteiger partial charge in [-0.3, -0.25) is 0 Å². The summed E-state index contributed by atoms with van der Waals surface area (Å²) in [6.45, 7) is 0.581. The minimum Gasteiger partial charge on any atom is -0.485 e. The monoisotopic (exact) mass is 263 g/mol. The van der Waals surface area contributed by atoms with Crippen LogP contribution in [0.5, 0.6) is 5.75 Å². The number of hydrogen-bond acceptors (Lipinski definition) is 2. The molecule has 1 N–H and O–H groups in total. The molecule has 0 aliphatic carbocycles. The standard InChI is InChI=1S/C11H12Cl2FNO/c1-15-6-8-3-2-4-10(14)11(8)16-7-9(13)5-12/h2-5,15H,6-7H2,1H3/b9-5-. The van der Waals surface area contributed by atoms with Gasteiger partial charge in [0.15, 0.2) is 11.6 Å². The molecule has 0 amide bonds. The Bertz CT molecular complexity index is 382. The van der Waals surface area contributed by atoms with Gasteiger partial charge in [0.1, 0.15) is 6.61 Å². The first-order chi connectivity index (χ1) is 7.69. The molecule has 1 aromatic rings. The molecule has 1 aromatic carbocycles. The highest BCUT2D eigenvalue weighted by Crippen LogP contribution is 2.23. The Hall–Kier alpha value is -0.770. The van der Waals surface area contributed by atoms with Crippen molar-refractivity contribution in [1.29, 1.82) is 0 Å². The summed E-state index contributed by atoms with van der Waals surface area (Å²) < 4.78 is 18.8. The lowest BCUT2D eigenvalue weighted by molar-refractivity contribution is 0.333. The fraction of sp³-hybridized carbons (Fsp3) is 0.273. The van der Waals surface area contributed by atoms with Crippen LogP contribution in [0.1, 0.15) is 5.56 Å². The summed E-state index contributed by atoms with van der Waals surface area (Å²) >= 11 is 11.0. The van der Waals surface area contributed by atoms with Gasteiger partial charge >= 0.3 is 0 Å². The van der Waals surface area contributed by atoms with Gasteiger partial charge in [-0.05, 0) is 13.1 Å². The van der Waals surface area contributed by atoms with E-state index >= 15 is 0 Å². The van der Waals surface area contributed by atoms with Crippen molar-refractivity contribution in [3.63, 3.8) is 0 Å². The Morgan fingerprint density at radius 2 is 2.31 bits per heavy atom. The van der Waals surface area contributed by atoms with Gasteiger partial charge in [0.25, 0.3) is 0 Å². The smallest absolute Gasteiger partial charge is 0.165 e. The normalized spacial score (nSPS) is 11.6. The van der Waals surface area contributed by atoms with Crippen LogP contribution in [-0.2, 0) is 6.54 Å². The van der Waals surface area contributed by atoms with Gasteiger partial charge in [-0.25, -0.2) is 4.39 Å². The number of ether oxygens (including phenoxy) is 1. The minimum atomic E-state index is -0.410. The molecule has 2 nitrogen and oxygen atoms in total. The molecule has 0 spiro atoms. The summed E-state index contributed by atoms with van der Waals surface area (Å²) in [6, 6.07) is 4.76. The zero-order valence-corrected chi connectivity index (χ0v) is 10.3. The molecule has 0 aliphatic heterocycles. The molecular formula is C11H12Cl2FNO. The molecule has 0 saturated carbocycles. The van der Waals surface area contributed by atoms with Crippen molar-refractivity contribution >= 4 is 23.2 Å². The van der Waals surface area contributed by atoms with E-state index in [9.17, 15) is 4.39 Å². The van der Waals surface area contributed by atoms with Crippen LogP contribution in [0, 0.1) is 5.82 Å². The second-order valence-corrected chi connectivity index (χ2v) is 3.81. The zero-order valence-electron chi connectivity index (χ0n) is 8.77. The molecule has 0 unspecified atom stereocenters. The average molecular weight is 264 g/mol. The van der Waals surface area contributed by atoms with Crippen LogP contribution in [0.3, 0.4) is 0 Å². The van der Waals surface area contributed by atoms with Crippen molar-refractivity contribution in [2.45, 2.75) is 6.54 Å². The summed E-state index contributed by atoms with van der Waals surface area (Å²) in [7, 11) is 1.78. The lowest BCUT2D eigenvalue weighted by atomic mass is 10.2. The van der Waals surface area contributed by atoms with Crippen molar-refractivity contribution in [2.24, 2.45) is 0 Å². The lowest BCUT2D eigenvalue weighted by Gasteiger charge is -2.11. The first-order valence-electron chi connectivity index (χ1n) is 4.68. The number of nitrogens with one attached hydrogen (secondary N) is 1. The Balaban J connectivity index is 2.83. The largest absolute Gasteiger partial charge is 0.485 e. The molecule has 0 fully saturated rings. The first kappa shape index (κ1) is 13.3. The minimum absolute atomic E-state index is 0.0582. The molecule has 88 valence electrons. The highest BCUT2D eigenvalue weighted by atomic mass is 35.5. The predicted octanol–water partition coefficient (Wildman–Crippen LogP) is 3.24. The third-order valence-corrected chi connectivity index (χ3v) is 2.48. The van der Waals surface area contributed by atoms with Gasteiger partial charge in [-0.1, -0.05) is 35.3 Å². The van der Waals surface area contributed by atoms with Gasteiger partial charge < -0.3 is 10.1 Å². The van der Waals surface area contributed by atoms with Crippen LogP contribution in [0.25, 0.3) is 0 Å². The van der Waals surface area contributed by atoms with E-state index in [0.717, 1.165) is 5.56 Å². The summed E-state index contributed by atoms with van der Waals surface area (Å²) in [5.41, 5.74) is 1.93. The summed E-state index contributed by atoms with van der Waals surface area (Å²) in [5.74, 6) is -0.208. The molecule has 1 rings (SSSR count). The van der Waals surface area contributed by atoms with Crippen LogP contribution in [0.4, 0.5) is 4.39 Å². The predicted molar refractivity (Wildman–Crippen MR) is 64.4 cm³/mol. The molecule has 0 heterocycles. The van der Waals surface area contributed by atoms with Crippen LogP contribution in [0.2, 0.25) is 0 Å². The van der Waals surface area contributed by atoms with E-state index < -0.39 is 5.82 Å². The van der Waals surface area contributed by atoms with E-state index in [-0.39, 0.29) is 12.4 Å². The number of halogens is 3. The zero-order chi connectivity index (χ0) is 12.0. The van der Waals surface area contributed by atoms with Gasteiger partial charge in [-0.15, -0.1) is 0 Å². The second-order valence-electron chi connectivity index (χ2n) is 3.10. The average Bonchev–Trinajstić information content (AvgIpc) is 2.28. The van der Waals surface area contributed by atoms with E-state index in [2.05, 4.69) is 5.32 Å². The van der Waals surface area contributed by atoms with Crippen LogP contribution in [0.15, 0.2) is 28.8 Å². The van der Waals surface area contributed by atoms with Crippen molar-refractivity contribution in [3.05, 3.63) is 40.1 Å². The maximum absolute atomic E-state index is 13.5. The highest BCUT2D eigenvalue weighted by molar-refractivity contribution is 6.36. The van der Waals surface area contributed by atoms with Crippen LogP contribution in [-0.4, -0.2) is 13.7 Å². The molecule has 0 radical (unpaired) electrons. The van der Waals surface area contributed by atoms with E-state index in [1.807, 2.05) is 0 Å². The SMILES string of the molecule is CNCc1cccc(F)c1OC/C(Cl)=C/Cl. The quantitative estimate of drug-likeness (QED) is 0.881. The van der Waals surface area contributed by atoms with E-state index in [4.69, 9.17) is 27.9 Å². The number of hydrogen-bond donors (Lipinski definition) is 1. The van der Waals surface area contributed by atoms with Gasteiger partial charge in [-0.2, -0.15) is 0 Å². The molecule has 0 bridgehead atoms. The van der Waals surface area contributed by atoms with Crippen molar-refractivity contribution < 1.29 is 9.13 Å². The lowest BCUT2D eigenvalue weighted by Crippen LogP contribution is -2.09. The van der Waals surface area contributed by atoms with Gasteiger partial charge in [0.05, 0.1) is 5.03 Å². The van der Waals surface area contributed by atoms with Crippen LogP contribution < -0.4 is 10.1 Å². The van der Waals surface area contributed by atoms with Gasteiger partial charge in [0.2, 0.25) is 0 Å². The molecule has 16 heavy (non-hydrogen) atoms. The molecule has 0 saturated heterocycles. The number of para-hydroxylation sites is 1. The summed E-state index contributed by atoms with van der Waals surface area (Å²) in [6.07, 6.45) is 0. The van der Waals surface area contributed by atoms with Crippen molar-refractivity contribution in [1.82, 2.24) is 5.32 Å². The summed E-state index contributed by atoms with van der Waals surface area (Å²) in [4.78, 5) is 0. The maximum atomic E-state index is 13.5. The van der Waals surface area contributed by atoms with Crippen LogP contribution >= 0.6 is 23.2 Å².